The number of carbonyl (C=O) groups is 1. The van der Waals surface area contributed by atoms with Crippen LogP contribution < -0.4 is 10.1 Å². The molecule has 0 spiro atoms. The maximum Gasteiger partial charge on any atom is 0.320 e. The first-order valence-corrected chi connectivity index (χ1v) is 8.04. The van der Waals surface area contributed by atoms with Crippen LogP contribution in [0.15, 0.2) is 42.6 Å². The number of nitrogens with one attached hydrogen (secondary N) is 1. The van der Waals surface area contributed by atoms with Crippen LogP contribution in [0, 0.1) is 0 Å². The predicted molar refractivity (Wildman–Crippen MR) is 92.5 cm³/mol. The highest BCUT2D eigenvalue weighted by atomic mass is 19.3. The summed E-state index contributed by atoms with van der Waals surface area (Å²) < 4.78 is 32.9. The highest BCUT2D eigenvalue weighted by molar-refractivity contribution is 5.93. The molecule has 0 aliphatic heterocycles. The van der Waals surface area contributed by atoms with E-state index in [9.17, 15) is 13.6 Å². The van der Waals surface area contributed by atoms with E-state index < -0.39 is 12.5 Å². The maximum absolute atomic E-state index is 13.5. The number of nitrogens with zero attached hydrogens (tertiary/aromatic N) is 3. The number of carbonyl (C=O) groups excluding carboxylic acids is 1. The molecule has 0 fully saturated rings. The van der Waals surface area contributed by atoms with Crippen molar-refractivity contribution in [2.24, 2.45) is 0 Å². The second-order valence-corrected chi connectivity index (χ2v) is 5.81. The molecule has 26 heavy (non-hydrogen) atoms. The topological polar surface area (TPSA) is 69.0 Å². The number of ether oxygens (including phenoxy) is 1. The summed E-state index contributed by atoms with van der Waals surface area (Å²) in [5.41, 5.74) is 1.23. The van der Waals surface area contributed by atoms with E-state index in [1.807, 2.05) is 0 Å². The fourth-order valence-electron chi connectivity index (χ4n) is 2.69. The van der Waals surface area contributed by atoms with Gasteiger partial charge in [-0.05, 0) is 18.2 Å². The molecule has 8 heteroatoms. The second kappa shape index (κ2) is 7.47. The summed E-state index contributed by atoms with van der Waals surface area (Å²) in [5.74, 6) is -0.104. The Morgan fingerprint density at radius 1 is 1.27 bits per heavy atom. The number of rotatable bonds is 6. The summed E-state index contributed by atoms with van der Waals surface area (Å²) in [6.45, 7) is -0.797. The second-order valence-electron chi connectivity index (χ2n) is 5.81. The first-order valence-electron chi connectivity index (χ1n) is 8.04. The molecule has 1 aromatic carbocycles. The molecular formula is C18H18F2N4O2. The fourth-order valence-corrected chi connectivity index (χ4v) is 2.69. The van der Waals surface area contributed by atoms with Crippen molar-refractivity contribution in [3.63, 3.8) is 0 Å². The number of benzene rings is 1. The third-order valence-corrected chi connectivity index (χ3v) is 4.04. The Hall–Kier alpha value is -3.03. The number of hydrogen-bond acceptors (Lipinski definition) is 4. The molecule has 2 heterocycles. The predicted octanol–water partition coefficient (Wildman–Crippen LogP) is 3.37. The van der Waals surface area contributed by atoms with Crippen LogP contribution in [0.2, 0.25) is 0 Å². The van der Waals surface area contributed by atoms with Crippen LogP contribution in [0.4, 0.5) is 8.78 Å². The van der Waals surface area contributed by atoms with Gasteiger partial charge in [-0.15, -0.1) is 0 Å². The zero-order valence-corrected chi connectivity index (χ0v) is 14.3. The molecule has 1 amide bonds. The molecule has 1 atom stereocenters. The zero-order chi connectivity index (χ0) is 18.7. The Bertz CT molecular complexity index is 909. The van der Waals surface area contributed by atoms with Gasteiger partial charge in [-0.3, -0.25) is 9.36 Å². The molecule has 0 aliphatic rings. The van der Waals surface area contributed by atoms with Gasteiger partial charge in [-0.2, -0.15) is 8.78 Å². The van der Waals surface area contributed by atoms with Crippen LogP contribution in [0.1, 0.15) is 35.6 Å². The van der Waals surface area contributed by atoms with Gasteiger partial charge in [0.25, 0.3) is 5.91 Å². The SMILES string of the molecule is COc1ccc(C(=O)NC[C@H](C)c2nc3ccccc3n2C(F)F)cn1. The molecule has 1 N–H and O–H groups in total. The molecule has 0 bridgehead atoms. The van der Waals surface area contributed by atoms with Crippen molar-refractivity contribution in [2.75, 3.05) is 13.7 Å². The lowest BCUT2D eigenvalue weighted by Crippen LogP contribution is -2.28. The molecule has 0 aliphatic carbocycles. The number of methoxy groups -OCH3 is 1. The van der Waals surface area contributed by atoms with E-state index in [4.69, 9.17) is 4.74 Å². The molecule has 0 saturated heterocycles. The van der Waals surface area contributed by atoms with Crippen molar-refractivity contribution in [3.05, 3.63) is 54.0 Å². The summed E-state index contributed by atoms with van der Waals surface area (Å²) in [5, 5.41) is 2.73. The van der Waals surface area contributed by atoms with E-state index >= 15 is 0 Å². The van der Waals surface area contributed by atoms with Crippen LogP contribution in [-0.2, 0) is 0 Å². The smallest absolute Gasteiger partial charge is 0.320 e. The molecule has 3 aromatic rings. The first-order chi connectivity index (χ1) is 12.5. The summed E-state index contributed by atoms with van der Waals surface area (Å²) in [6.07, 6.45) is 1.40. The zero-order valence-electron chi connectivity index (χ0n) is 14.3. The lowest BCUT2D eigenvalue weighted by atomic mass is 10.1. The monoisotopic (exact) mass is 360 g/mol. The third kappa shape index (κ3) is 3.49. The van der Waals surface area contributed by atoms with Crippen LogP contribution >= 0.6 is 0 Å². The standard InChI is InChI=1S/C18H18F2N4O2/c1-11(9-22-17(25)12-7-8-15(26-2)21-10-12)16-23-13-5-3-4-6-14(13)24(16)18(19)20/h3-8,10-11,18H,9H2,1-2H3,(H,22,25)/t11-/m0/s1. The minimum absolute atomic E-state index is 0.168. The van der Waals surface area contributed by atoms with Crippen molar-refractivity contribution in [1.29, 1.82) is 0 Å². The minimum atomic E-state index is -2.71. The molecule has 2 aromatic heterocycles. The van der Waals surface area contributed by atoms with E-state index in [0.29, 0.717) is 22.5 Å². The van der Waals surface area contributed by atoms with Crippen molar-refractivity contribution in [3.8, 4) is 5.88 Å². The van der Waals surface area contributed by atoms with Gasteiger partial charge in [0.1, 0.15) is 5.82 Å². The van der Waals surface area contributed by atoms with Crippen LogP contribution in [0.3, 0.4) is 0 Å². The van der Waals surface area contributed by atoms with Crippen molar-refractivity contribution >= 4 is 16.9 Å². The number of aromatic nitrogens is 3. The van der Waals surface area contributed by atoms with E-state index in [1.165, 1.54) is 13.3 Å². The number of alkyl halides is 2. The highest BCUT2D eigenvalue weighted by Crippen LogP contribution is 2.27. The van der Waals surface area contributed by atoms with E-state index in [0.717, 1.165) is 4.57 Å². The number of halogens is 2. The quantitative estimate of drug-likeness (QED) is 0.732. The molecule has 6 nitrogen and oxygen atoms in total. The lowest BCUT2D eigenvalue weighted by molar-refractivity contribution is 0.0704. The highest BCUT2D eigenvalue weighted by Gasteiger charge is 2.22. The van der Waals surface area contributed by atoms with Crippen molar-refractivity contribution in [1.82, 2.24) is 19.9 Å². The van der Waals surface area contributed by atoms with Gasteiger partial charge in [0.2, 0.25) is 5.88 Å². The Balaban J connectivity index is 1.75. The van der Waals surface area contributed by atoms with E-state index in [-0.39, 0.29) is 18.3 Å². The van der Waals surface area contributed by atoms with E-state index in [2.05, 4.69) is 15.3 Å². The van der Waals surface area contributed by atoms with Gasteiger partial charge < -0.3 is 10.1 Å². The number of hydrogen-bond donors (Lipinski definition) is 1. The molecule has 3 rings (SSSR count). The molecular weight excluding hydrogens is 342 g/mol. The molecule has 0 saturated carbocycles. The summed E-state index contributed by atoms with van der Waals surface area (Å²) in [6, 6.07) is 9.89. The number of para-hydroxylation sites is 2. The largest absolute Gasteiger partial charge is 0.481 e. The van der Waals surface area contributed by atoms with Gasteiger partial charge in [-0.1, -0.05) is 19.1 Å². The summed E-state index contributed by atoms with van der Waals surface area (Å²) in [7, 11) is 1.48. The van der Waals surface area contributed by atoms with Gasteiger partial charge in [0, 0.05) is 24.7 Å². The molecule has 0 radical (unpaired) electrons. The number of pyridine rings is 1. The van der Waals surface area contributed by atoms with Gasteiger partial charge in [-0.25, -0.2) is 9.97 Å². The van der Waals surface area contributed by atoms with Gasteiger partial charge in [0.05, 0.1) is 23.7 Å². The van der Waals surface area contributed by atoms with Crippen molar-refractivity contribution < 1.29 is 18.3 Å². The average Bonchev–Trinajstić information content (AvgIpc) is 3.05. The molecule has 0 unspecified atom stereocenters. The van der Waals surface area contributed by atoms with Crippen LogP contribution in [0.5, 0.6) is 5.88 Å². The number of imidazole rings is 1. The fraction of sp³-hybridized carbons (Fsp3) is 0.278. The Morgan fingerprint density at radius 2 is 2.04 bits per heavy atom. The summed E-state index contributed by atoms with van der Waals surface area (Å²) in [4.78, 5) is 20.5. The molecule has 136 valence electrons. The normalized spacial score (nSPS) is 12.3. The first kappa shape index (κ1) is 17.8. The minimum Gasteiger partial charge on any atom is -0.481 e. The Morgan fingerprint density at radius 3 is 2.69 bits per heavy atom. The number of fused-ring (bicyclic) bond motifs is 1. The Labute approximate surface area is 148 Å². The number of amides is 1. The lowest BCUT2D eigenvalue weighted by Gasteiger charge is -2.15. The van der Waals surface area contributed by atoms with Gasteiger partial charge in [0.15, 0.2) is 0 Å². The van der Waals surface area contributed by atoms with Crippen LogP contribution in [-0.4, -0.2) is 34.1 Å². The third-order valence-electron chi connectivity index (χ3n) is 4.04. The van der Waals surface area contributed by atoms with Crippen molar-refractivity contribution in [2.45, 2.75) is 19.4 Å². The van der Waals surface area contributed by atoms with Gasteiger partial charge >= 0.3 is 6.55 Å². The average molecular weight is 360 g/mol. The van der Waals surface area contributed by atoms with E-state index in [1.54, 1.807) is 43.3 Å². The Kier molecular flexibility index (Phi) is 5.11. The van der Waals surface area contributed by atoms with Crippen LogP contribution in [0.25, 0.3) is 11.0 Å². The summed E-state index contributed by atoms with van der Waals surface area (Å²) >= 11 is 0. The maximum atomic E-state index is 13.5.